The van der Waals surface area contributed by atoms with Crippen molar-refractivity contribution in [2.45, 2.75) is 31.3 Å². The Morgan fingerprint density at radius 3 is 2.80 bits per heavy atom. The normalized spacial score (nSPS) is 33.0. The van der Waals surface area contributed by atoms with E-state index in [1.807, 2.05) is 0 Å². The van der Waals surface area contributed by atoms with E-state index in [4.69, 9.17) is 10.8 Å². The molecule has 0 bridgehead atoms. The van der Waals surface area contributed by atoms with Gasteiger partial charge in [0.2, 0.25) is 0 Å². The van der Waals surface area contributed by atoms with Crippen molar-refractivity contribution in [3.05, 3.63) is 0 Å². The summed E-state index contributed by atoms with van der Waals surface area (Å²) in [5, 5.41) is 11.7. The van der Waals surface area contributed by atoms with Crippen molar-refractivity contribution in [1.82, 2.24) is 5.32 Å². The highest BCUT2D eigenvalue weighted by Gasteiger charge is 2.20. The van der Waals surface area contributed by atoms with Crippen LogP contribution in [0.4, 0.5) is 0 Å². The number of hydrogen-bond acceptors (Lipinski definition) is 3. The molecule has 0 aromatic carbocycles. The highest BCUT2D eigenvalue weighted by atomic mass is 16.3. The first kappa shape index (κ1) is 7.98. The molecule has 10 heavy (non-hydrogen) atoms. The summed E-state index contributed by atoms with van der Waals surface area (Å²) >= 11 is 0. The van der Waals surface area contributed by atoms with Crippen molar-refractivity contribution < 1.29 is 5.11 Å². The van der Waals surface area contributed by atoms with Gasteiger partial charge >= 0.3 is 0 Å². The summed E-state index contributed by atoms with van der Waals surface area (Å²) in [6.45, 7) is 0.934. The zero-order valence-corrected chi connectivity index (χ0v) is 6.21. The first-order valence-electron chi connectivity index (χ1n) is 3.92. The monoisotopic (exact) mass is 144 g/mol. The zero-order chi connectivity index (χ0) is 7.40. The zero-order valence-electron chi connectivity index (χ0n) is 6.21. The molecule has 0 radical (unpaired) electrons. The van der Waals surface area contributed by atoms with Gasteiger partial charge in [0.05, 0.1) is 6.61 Å². The van der Waals surface area contributed by atoms with Crippen LogP contribution in [0.25, 0.3) is 0 Å². The smallest absolute Gasteiger partial charge is 0.0556 e. The van der Waals surface area contributed by atoms with Crippen molar-refractivity contribution in [3.63, 3.8) is 0 Å². The van der Waals surface area contributed by atoms with Gasteiger partial charge in [-0.1, -0.05) is 0 Å². The molecule has 1 rings (SSSR count). The first-order chi connectivity index (χ1) is 4.83. The highest BCUT2D eigenvalue weighted by molar-refractivity contribution is 4.82. The van der Waals surface area contributed by atoms with E-state index in [-0.39, 0.29) is 6.61 Å². The predicted octanol–water partition coefficient (Wildman–Crippen LogP) is -0.552. The molecule has 0 aromatic heterocycles. The van der Waals surface area contributed by atoms with Gasteiger partial charge in [-0.25, -0.2) is 0 Å². The van der Waals surface area contributed by atoms with Crippen molar-refractivity contribution in [2.75, 3.05) is 13.2 Å². The second-order valence-corrected chi connectivity index (χ2v) is 2.95. The number of nitrogens with one attached hydrogen (secondary N) is 1. The Morgan fingerprint density at radius 2 is 2.30 bits per heavy atom. The van der Waals surface area contributed by atoms with Gasteiger partial charge in [-0.05, 0) is 19.3 Å². The lowest BCUT2D eigenvalue weighted by molar-refractivity contribution is 0.284. The van der Waals surface area contributed by atoms with Gasteiger partial charge in [-0.3, -0.25) is 0 Å². The van der Waals surface area contributed by atoms with Crippen LogP contribution in [-0.4, -0.2) is 30.3 Å². The van der Waals surface area contributed by atoms with E-state index in [9.17, 15) is 0 Å². The third-order valence-corrected chi connectivity index (χ3v) is 2.02. The van der Waals surface area contributed by atoms with E-state index < -0.39 is 0 Å². The Labute approximate surface area is 61.6 Å². The second-order valence-electron chi connectivity index (χ2n) is 2.95. The molecule has 0 spiro atoms. The van der Waals surface area contributed by atoms with Gasteiger partial charge in [0.25, 0.3) is 0 Å². The minimum atomic E-state index is 0.228. The maximum absolute atomic E-state index is 8.50. The molecule has 0 heterocycles. The second kappa shape index (κ2) is 3.91. The summed E-state index contributed by atoms with van der Waals surface area (Å²) in [6, 6.07) is 0.943. The van der Waals surface area contributed by atoms with Crippen LogP contribution in [0.1, 0.15) is 19.3 Å². The lowest BCUT2D eigenvalue weighted by Gasteiger charge is -2.09. The molecule has 0 aromatic rings. The molecule has 0 aliphatic heterocycles. The van der Waals surface area contributed by atoms with Crippen molar-refractivity contribution in [3.8, 4) is 0 Å². The number of rotatable bonds is 3. The third-order valence-electron chi connectivity index (χ3n) is 2.02. The molecule has 0 amide bonds. The van der Waals surface area contributed by atoms with Gasteiger partial charge in [0, 0.05) is 18.6 Å². The average Bonchev–Trinajstić information content (AvgIpc) is 2.31. The summed E-state index contributed by atoms with van der Waals surface area (Å²) < 4.78 is 0. The Hall–Kier alpha value is -0.120. The predicted molar refractivity (Wildman–Crippen MR) is 40.7 cm³/mol. The Morgan fingerprint density at radius 1 is 1.50 bits per heavy atom. The molecule has 3 nitrogen and oxygen atoms in total. The summed E-state index contributed by atoms with van der Waals surface area (Å²) in [5.41, 5.74) is 5.69. The largest absolute Gasteiger partial charge is 0.395 e. The number of nitrogens with two attached hydrogens (primary N) is 1. The fraction of sp³-hybridized carbons (Fsp3) is 1.00. The molecule has 1 aliphatic rings. The minimum Gasteiger partial charge on any atom is -0.395 e. The molecule has 2 atom stereocenters. The van der Waals surface area contributed by atoms with Crippen molar-refractivity contribution in [1.29, 1.82) is 0 Å². The molecule has 4 N–H and O–H groups in total. The van der Waals surface area contributed by atoms with E-state index in [2.05, 4.69) is 5.32 Å². The van der Waals surface area contributed by atoms with Gasteiger partial charge in [0.15, 0.2) is 0 Å². The van der Waals surface area contributed by atoms with Crippen LogP contribution in [0.15, 0.2) is 0 Å². The third kappa shape index (κ3) is 2.25. The molecule has 0 saturated heterocycles. The summed E-state index contributed by atoms with van der Waals surface area (Å²) in [4.78, 5) is 0. The number of aliphatic hydroxyl groups is 1. The maximum Gasteiger partial charge on any atom is 0.0556 e. The Balaban J connectivity index is 2.06. The van der Waals surface area contributed by atoms with E-state index >= 15 is 0 Å². The molecule has 60 valence electrons. The molecular weight excluding hydrogens is 128 g/mol. The van der Waals surface area contributed by atoms with E-state index in [0.717, 1.165) is 12.8 Å². The molecule has 3 heteroatoms. The van der Waals surface area contributed by atoms with E-state index in [1.54, 1.807) is 0 Å². The van der Waals surface area contributed by atoms with Gasteiger partial charge in [-0.2, -0.15) is 0 Å². The standard InChI is InChI=1S/C7H16N2O/c8-6-1-2-7(5-6)9-3-4-10/h6-7,9-10H,1-5,8H2. The molecular formula is C7H16N2O. The van der Waals surface area contributed by atoms with Crippen LogP contribution in [-0.2, 0) is 0 Å². The van der Waals surface area contributed by atoms with Crippen LogP contribution < -0.4 is 11.1 Å². The lowest BCUT2D eigenvalue weighted by Crippen LogP contribution is -2.30. The Bertz CT molecular complexity index is 97.6. The van der Waals surface area contributed by atoms with Crippen LogP contribution in [0.2, 0.25) is 0 Å². The summed E-state index contributed by atoms with van der Waals surface area (Å²) in [7, 11) is 0. The first-order valence-corrected chi connectivity index (χ1v) is 3.92. The highest BCUT2D eigenvalue weighted by Crippen LogP contribution is 2.16. The quantitative estimate of drug-likeness (QED) is 0.498. The maximum atomic E-state index is 8.50. The average molecular weight is 144 g/mol. The molecule has 2 unspecified atom stereocenters. The molecule has 1 aliphatic carbocycles. The summed E-state index contributed by atoms with van der Waals surface area (Å²) in [5.74, 6) is 0. The van der Waals surface area contributed by atoms with E-state index in [0.29, 0.717) is 18.6 Å². The topological polar surface area (TPSA) is 58.3 Å². The summed E-state index contributed by atoms with van der Waals surface area (Å²) in [6.07, 6.45) is 3.37. The van der Waals surface area contributed by atoms with Crippen LogP contribution in [0, 0.1) is 0 Å². The van der Waals surface area contributed by atoms with Crippen LogP contribution >= 0.6 is 0 Å². The molecule has 1 fully saturated rings. The lowest BCUT2D eigenvalue weighted by atomic mass is 10.2. The van der Waals surface area contributed by atoms with E-state index in [1.165, 1.54) is 6.42 Å². The Kier molecular flexibility index (Phi) is 3.12. The fourth-order valence-corrected chi connectivity index (χ4v) is 1.47. The van der Waals surface area contributed by atoms with Crippen LogP contribution in [0.5, 0.6) is 0 Å². The van der Waals surface area contributed by atoms with Crippen LogP contribution in [0.3, 0.4) is 0 Å². The van der Waals surface area contributed by atoms with Gasteiger partial charge in [-0.15, -0.1) is 0 Å². The van der Waals surface area contributed by atoms with Gasteiger partial charge < -0.3 is 16.2 Å². The number of hydrogen-bond donors (Lipinski definition) is 3. The van der Waals surface area contributed by atoms with Gasteiger partial charge in [0.1, 0.15) is 0 Å². The van der Waals surface area contributed by atoms with Crippen molar-refractivity contribution in [2.24, 2.45) is 5.73 Å². The number of aliphatic hydroxyl groups excluding tert-OH is 1. The minimum absolute atomic E-state index is 0.228. The SMILES string of the molecule is NC1CCC(NCCO)C1. The fourth-order valence-electron chi connectivity index (χ4n) is 1.47. The molecule has 1 saturated carbocycles. The van der Waals surface area contributed by atoms with Crippen molar-refractivity contribution >= 4 is 0 Å².